The van der Waals surface area contributed by atoms with Gasteiger partial charge in [0.15, 0.2) is 0 Å². The number of para-hydroxylation sites is 1. The van der Waals surface area contributed by atoms with Crippen LogP contribution in [0, 0.1) is 13.8 Å². The molecule has 1 aromatic heterocycles. The van der Waals surface area contributed by atoms with Crippen LogP contribution in [0.3, 0.4) is 0 Å². The second-order valence-corrected chi connectivity index (χ2v) is 6.67. The minimum Gasteiger partial charge on any atom is -0.340 e. The van der Waals surface area contributed by atoms with Crippen LogP contribution in [-0.4, -0.2) is 16.5 Å². The number of aromatic nitrogens is 2. The number of hydrogen-bond donors (Lipinski definition) is 1. The van der Waals surface area contributed by atoms with Gasteiger partial charge in [-0.25, -0.2) is 4.98 Å². The molecular weight excluding hydrogens is 332 g/mol. The fourth-order valence-corrected chi connectivity index (χ4v) is 3.34. The smallest absolute Gasteiger partial charge is 0.232 e. The Labute approximate surface area is 152 Å². The Bertz CT molecular complexity index is 939. The molecule has 25 heavy (non-hydrogen) atoms. The predicted octanol–water partition coefficient (Wildman–Crippen LogP) is 5.18. The van der Waals surface area contributed by atoms with E-state index < -0.39 is 0 Å². The molecule has 4 nitrogen and oxygen atoms in total. The summed E-state index contributed by atoms with van der Waals surface area (Å²) in [4.78, 5) is 11.6. The minimum atomic E-state index is 0.729. The van der Waals surface area contributed by atoms with Crippen molar-refractivity contribution in [3.05, 3.63) is 70.4 Å². The van der Waals surface area contributed by atoms with Gasteiger partial charge in [-0.15, -0.1) is 0 Å². The van der Waals surface area contributed by atoms with Crippen molar-refractivity contribution in [1.29, 1.82) is 0 Å². The standard InChI is InChI=1S/C20H19ClN4/c1-13-12-19(23-17-8-5-7-16(21)14(17)2)24-20(22-13)25-11-10-15-6-3-4-9-18(15)25/h3-9,12H,10-11H2,1-2H3,(H,22,23,24). The van der Waals surface area contributed by atoms with E-state index in [9.17, 15) is 0 Å². The number of halogens is 1. The van der Waals surface area contributed by atoms with Gasteiger partial charge in [0.2, 0.25) is 5.95 Å². The highest BCUT2D eigenvalue weighted by Crippen LogP contribution is 2.33. The normalized spacial score (nSPS) is 13.0. The molecule has 0 atom stereocenters. The van der Waals surface area contributed by atoms with Gasteiger partial charge in [-0.3, -0.25) is 0 Å². The number of benzene rings is 2. The lowest BCUT2D eigenvalue weighted by molar-refractivity contribution is 0.931. The molecule has 1 aliphatic rings. The van der Waals surface area contributed by atoms with E-state index in [4.69, 9.17) is 16.6 Å². The van der Waals surface area contributed by atoms with Gasteiger partial charge in [-0.1, -0.05) is 35.9 Å². The van der Waals surface area contributed by atoms with Crippen LogP contribution in [0.4, 0.5) is 23.1 Å². The van der Waals surface area contributed by atoms with Crippen LogP contribution >= 0.6 is 11.6 Å². The molecule has 2 heterocycles. The zero-order valence-electron chi connectivity index (χ0n) is 14.3. The zero-order chi connectivity index (χ0) is 17.4. The summed E-state index contributed by atoms with van der Waals surface area (Å²) < 4.78 is 0. The molecule has 0 fully saturated rings. The maximum atomic E-state index is 6.22. The van der Waals surface area contributed by atoms with E-state index >= 15 is 0 Å². The number of anilines is 4. The van der Waals surface area contributed by atoms with Crippen molar-refractivity contribution in [3.63, 3.8) is 0 Å². The quantitative estimate of drug-likeness (QED) is 0.706. The molecular formula is C20H19ClN4. The SMILES string of the molecule is Cc1cc(Nc2cccc(Cl)c2C)nc(N2CCc3ccccc32)n1. The summed E-state index contributed by atoms with van der Waals surface area (Å²) >= 11 is 6.22. The first-order valence-corrected chi connectivity index (χ1v) is 8.73. The second-order valence-electron chi connectivity index (χ2n) is 6.26. The van der Waals surface area contributed by atoms with Crippen LogP contribution in [0.15, 0.2) is 48.5 Å². The molecule has 0 spiro atoms. The van der Waals surface area contributed by atoms with Gasteiger partial charge in [0.05, 0.1) is 0 Å². The van der Waals surface area contributed by atoms with Crippen LogP contribution in [0.1, 0.15) is 16.8 Å². The van der Waals surface area contributed by atoms with Crippen molar-refractivity contribution in [2.75, 3.05) is 16.8 Å². The molecule has 126 valence electrons. The van der Waals surface area contributed by atoms with Gasteiger partial charge in [0, 0.05) is 34.7 Å². The van der Waals surface area contributed by atoms with Gasteiger partial charge >= 0.3 is 0 Å². The largest absolute Gasteiger partial charge is 0.340 e. The van der Waals surface area contributed by atoms with Gasteiger partial charge in [-0.2, -0.15) is 4.98 Å². The fourth-order valence-electron chi connectivity index (χ4n) is 3.16. The lowest BCUT2D eigenvalue weighted by atomic mass is 10.2. The van der Waals surface area contributed by atoms with Gasteiger partial charge in [0.25, 0.3) is 0 Å². The van der Waals surface area contributed by atoms with E-state index in [1.54, 1.807) is 0 Å². The van der Waals surface area contributed by atoms with E-state index in [1.165, 1.54) is 11.3 Å². The maximum Gasteiger partial charge on any atom is 0.232 e. The van der Waals surface area contributed by atoms with Crippen molar-refractivity contribution in [3.8, 4) is 0 Å². The highest BCUT2D eigenvalue weighted by atomic mass is 35.5. The van der Waals surface area contributed by atoms with Crippen LogP contribution in [0.5, 0.6) is 0 Å². The maximum absolute atomic E-state index is 6.22. The Kier molecular flexibility index (Phi) is 4.06. The summed E-state index contributed by atoms with van der Waals surface area (Å²) in [6, 6.07) is 16.2. The number of fused-ring (bicyclic) bond motifs is 1. The summed E-state index contributed by atoms with van der Waals surface area (Å²) in [7, 11) is 0. The molecule has 5 heteroatoms. The Morgan fingerprint density at radius 2 is 1.88 bits per heavy atom. The monoisotopic (exact) mass is 350 g/mol. The third kappa shape index (κ3) is 3.05. The minimum absolute atomic E-state index is 0.729. The lowest BCUT2D eigenvalue weighted by Crippen LogP contribution is -2.17. The molecule has 4 rings (SSSR count). The Morgan fingerprint density at radius 1 is 1.04 bits per heavy atom. The first kappa shape index (κ1) is 15.9. The summed E-state index contributed by atoms with van der Waals surface area (Å²) in [6.07, 6.45) is 1.02. The van der Waals surface area contributed by atoms with Crippen LogP contribution in [-0.2, 0) is 6.42 Å². The van der Waals surface area contributed by atoms with Crippen LogP contribution in [0.2, 0.25) is 5.02 Å². The molecule has 2 aromatic carbocycles. The number of aryl methyl sites for hydroxylation is 1. The zero-order valence-corrected chi connectivity index (χ0v) is 15.0. The topological polar surface area (TPSA) is 41.1 Å². The number of rotatable bonds is 3. The van der Waals surface area contributed by atoms with E-state index in [0.717, 1.165) is 46.7 Å². The first-order valence-electron chi connectivity index (χ1n) is 8.35. The number of hydrogen-bond acceptors (Lipinski definition) is 4. The molecule has 3 aromatic rings. The van der Waals surface area contributed by atoms with Crippen molar-refractivity contribution in [1.82, 2.24) is 9.97 Å². The number of nitrogens with zero attached hydrogens (tertiary/aromatic N) is 3. The van der Waals surface area contributed by atoms with Gasteiger partial charge in [0.1, 0.15) is 5.82 Å². The van der Waals surface area contributed by atoms with Crippen molar-refractivity contribution < 1.29 is 0 Å². The molecule has 1 aliphatic heterocycles. The molecule has 0 unspecified atom stereocenters. The van der Waals surface area contributed by atoms with E-state index in [-0.39, 0.29) is 0 Å². The van der Waals surface area contributed by atoms with Crippen molar-refractivity contribution >= 4 is 34.7 Å². The van der Waals surface area contributed by atoms with Crippen molar-refractivity contribution in [2.24, 2.45) is 0 Å². The summed E-state index contributed by atoms with van der Waals surface area (Å²) in [5.41, 5.74) is 5.43. The summed E-state index contributed by atoms with van der Waals surface area (Å²) in [5, 5.41) is 4.12. The number of nitrogens with one attached hydrogen (secondary N) is 1. The van der Waals surface area contributed by atoms with Gasteiger partial charge in [-0.05, 0) is 49.6 Å². The third-order valence-corrected chi connectivity index (χ3v) is 4.91. The van der Waals surface area contributed by atoms with Crippen LogP contribution in [0.25, 0.3) is 0 Å². The lowest BCUT2D eigenvalue weighted by Gasteiger charge is -2.19. The predicted molar refractivity (Wildman–Crippen MR) is 103 cm³/mol. The molecule has 0 radical (unpaired) electrons. The molecule has 0 saturated carbocycles. The van der Waals surface area contributed by atoms with E-state index in [2.05, 4.69) is 39.5 Å². The van der Waals surface area contributed by atoms with E-state index in [1.807, 2.05) is 38.1 Å². The third-order valence-electron chi connectivity index (χ3n) is 4.50. The van der Waals surface area contributed by atoms with E-state index in [0.29, 0.717) is 0 Å². The van der Waals surface area contributed by atoms with Crippen molar-refractivity contribution in [2.45, 2.75) is 20.3 Å². The molecule has 0 saturated heterocycles. The molecule has 0 amide bonds. The first-order chi connectivity index (χ1) is 12.1. The van der Waals surface area contributed by atoms with Gasteiger partial charge < -0.3 is 10.2 Å². The average molecular weight is 351 g/mol. The molecule has 1 N–H and O–H groups in total. The summed E-state index contributed by atoms with van der Waals surface area (Å²) in [6.45, 7) is 4.89. The fraction of sp³-hybridized carbons (Fsp3) is 0.200. The molecule has 0 aliphatic carbocycles. The Balaban J connectivity index is 1.69. The highest BCUT2D eigenvalue weighted by Gasteiger charge is 2.22. The Morgan fingerprint density at radius 3 is 2.76 bits per heavy atom. The molecule has 0 bridgehead atoms. The highest BCUT2D eigenvalue weighted by molar-refractivity contribution is 6.31. The van der Waals surface area contributed by atoms with Crippen LogP contribution < -0.4 is 10.2 Å². The Hall–Kier alpha value is -2.59. The summed E-state index contributed by atoms with van der Waals surface area (Å²) in [5.74, 6) is 1.50. The average Bonchev–Trinajstić information content (AvgIpc) is 3.03. The second kappa shape index (κ2) is 6.37.